The summed E-state index contributed by atoms with van der Waals surface area (Å²) >= 11 is 0. The van der Waals surface area contributed by atoms with Crippen LogP contribution < -0.4 is 10.2 Å². The van der Waals surface area contributed by atoms with E-state index in [-0.39, 0.29) is 6.03 Å². The number of para-hydroxylation sites is 1. The highest BCUT2D eigenvalue weighted by molar-refractivity contribution is 5.95. The number of amides is 2. The highest BCUT2D eigenvalue weighted by Crippen LogP contribution is 2.35. The number of carboxylic acid groups (broad SMARTS) is 1. The molecule has 5 heteroatoms. The van der Waals surface area contributed by atoms with Crippen molar-refractivity contribution in [2.75, 3.05) is 18.0 Å². The van der Waals surface area contributed by atoms with Crippen LogP contribution in [0, 0.1) is 5.92 Å². The summed E-state index contributed by atoms with van der Waals surface area (Å²) in [6.07, 6.45) is 4.06. The fraction of sp³-hybridized carbons (Fsp3) is 0.500. The van der Waals surface area contributed by atoms with Gasteiger partial charge in [-0.2, -0.15) is 0 Å². The molecule has 1 atom stereocenters. The van der Waals surface area contributed by atoms with Crippen molar-refractivity contribution in [3.8, 4) is 0 Å². The van der Waals surface area contributed by atoms with E-state index in [1.165, 1.54) is 12.8 Å². The molecule has 1 aliphatic heterocycles. The molecule has 0 bridgehead atoms. The van der Waals surface area contributed by atoms with Crippen LogP contribution in [0.3, 0.4) is 0 Å². The van der Waals surface area contributed by atoms with Gasteiger partial charge < -0.3 is 10.4 Å². The lowest BCUT2D eigenvalue weighted by Gasteiger charge is -2.32. The lowest BCUT2D eigenvalue weighted by atomic mass is 9.90. The number of aliphatic carboxylic acids is 1. The molecule has 1 aromatic rings. The standard InChI is InChI=1S/C16H20N2O3/c19-15(20)13-8-10-18(14-4-2-1-3-12(13)14)16(21)17-9-7-11-5-6-11/h1-4,11,13H,5-10H2,(H,17,21)(H,19,20). The van der Waals surface area contributed by atoms with E-state index < -0.39 is 11.9 Å². The van der Waals surface area contributed by atoms with Crippen LogP contribution >= 0.6 is 0 Å². The van der Waals surface area contributed by atoms with E-state index in [1.54, 1.807) is 11.0 Å². The minimum Gasteiger partial charge on any atom is -0.481 e. The van der Waals surface area contributed by atoms with Crippen molar-refractivity contribution in [3.05, 3.63) is 29.8 Å². The summed E-state index contributed by atoms with van der Waals surface area (Å²) in [7, 11) is 0. The van der Waals surface area contributed by atoms with E-state index in [1.807, 2.05) is 18.2 Å². The lowest BCUT2D eigenvalue weighted by molar-refractivity contribution is -0.139. The highest BCUT2D eigenvalue weighted by atomic mass is 16.4. The predicted octanol–water partition coefficient (Wildman–Crippen LogP) is 2.57. The molecule has 5 nitrogen and oxygen atoms in total. The van der Waals surface area contributed by atoms with Gasteiger partial charge in [-0.25, -0.2) is 4.79 Å². The molecule has 3 rings (SSSR count). The van der Waals surface area contributed by atoms with E-state index in [0.29, 0.717) is 19.5 Å². The number of carboxylic acids is 1. The second kappa shape index (κ2) is 5.76. The Labute approximate surface area is 123 Å². The molecule has 21 heavy (non-hydrogen) atoms. The summed E-state index contributed by atoms with van der Waals surface area (Å²) in [6, 6.07) is 7.17. The van der Waals surface area contributed by atoms with Crippen LogP contribution in [0.4, 0.5) is 10.5 Å². The van der Waals surface area contributed by atoms with Gasteiger partial charge in [-0.05, 0) is 30.4 Å². The molecule has 2 amide bonds. The van der Waals surface area contributed by atoms with Gasteiger partial charge in [0.05, 0.1) is 5.92 Å². The van der Waals surface area contributed by atoms with Gasteiger partial charge in [-0.3, -0.25) is 9.69 Å². The number of carbonyl (C=O) groups excluding carboxylic acids is 1. The Balaban J connectivity index is 1.72. The van der Waals surface area contributed by atoms with E-state index >= 15 is 0 Å². The monoisotopic (exact) mass is 288 g/mol. The van der Waals surface area contributed by atoms with Crippen LogP contribution in [-0.4, -0.2) is 30.2 Å². The summed E-state index contributed by atoms with van der Waals surface area (Å²) < 4.78 is 0. The molecule has 2 N–H and O–H groups in total. The minimum absolute atomic E-state index is 0.119. The number of carbonyl (C=O) groups is 2. The third-order valence-electron chi connectivity index (χ3n) is 4.31. The maximum atomic E-state index is 12.3. The Morgan fingerprint density at radius 1 is 1.24 bits per heavy atom. The third-order valence-corrected chi connectivity index (χ3v) is 4.31. The molecule has 0 spiro atoms. The zero-order chi connectivity index (χ0) is 14.8. The largest absolute Gasteiger partial charge is 0.481 e. The van der Waals surface area contributed by atoms with Crippen LogP contribution in [-0.2, 0) is 4.79 Å². The van der Waals surface area contributed by atoms with Crippen LogP contribution in [0.15, 0.2) is 24.3 Å². The van der Waals surface area contributed by atoms with Gasteiger partial charge >= 0.3 is 12.0 Å². The zero-order valence-corrected chi connectivity index (χ0v) is 11.9. The Bertz CT molecular complexity index is 554. The van der Waals surface area contributed by atoms with Gasteiger partial charge in [0, 0.05) is 18.8 Å². The number of rotatable bonds is 4. The van der Waals surface area contributed by atoms with Crippen molar-refractivity contribution in [3.63, 3.8) is 0 Å². The first-order valence-electron chi connectivity index (χ1n) is 7.54. The van der Waals surface area contributed by atoms with Crippen molar-refractivity contribution in [1.82, 2.24) is 5.32 Å². The molecule has 112 valence electrons. The Hall–Kier alpha value is -2.04. The van der Waals surface area contributed by atoms with Gasteiger partial charge in [-0.15, -0.1) is 0 Å². The second-order valence-electron chi connectivity index (χ2n) is 5.85. The average Bonchev–Trinajstić information content (AvgIpc) is 3.30. The van der Waals surface area contributed by atoms with Gasteiger partial charge in [0.1, 0.15) is 0 Å². The first kappa shape index (κ1) is 13.9. The van der Waals surface area contributed by atoms with Gasteiger partial charge in [0.25, 0.3) is 0 Å². The van der Waals surface area contributed by atoms with Crippen molar-refractivity contribution < 1.29 is 14.7 Å². The molecule has 1 aromatic carbocycles. The van der Waals surface area contributed by atoms with Crippen LogP contribution in [0.5, 0.6) is 0 Å². The fourth-order valence-corrected chi connectivity index (χ4v) is 2.91. The summed E-state index contributed by atoms with van der Waals surface area (Å²) in [5, 5.41) is 12.2. The number of fused-ring (bicyclic) bond motifs is 1. The summed E-state index contributed by atoms with van der Waals surface area (Å²) in [6.45, 7) is 1.15. The van der Waals surface area contributed by atoms with Gasteiger partial charge in [0.15, 0.2) is 0 Å². The van der Waals surface area contributed by atoms with Crippen LogP contribution in [0.1, 0.15) is 37.2 Å². The SMILES string of the molecule is O=C(O)C1CCN(C(=O)NCCC2CC2)c2ccccc21. The van der Waals surface area contributed by atoms with Crippen molar-refractivity contribution in [2.24, 2.45) is 5.92 Å². The minimum atomic E-state index is -0.823. The molecular weight excluding hydrogens is 268 g/mol. The number of anilines is 1. The topological polar surface area (TPSA) is 69.6 Å². The number of hydrogen-bond donors (Lipinski definition) is 2. The second-order valence-corrected chi connectivity index (χ2v) is 5.85. The predicted molar refractivity (Wildman–Crippen MR) is 79.5 cm³/mol. The molecular formula is C16H20N2O3. The van der Waals surface area contributed by atoms with Gasteiger partial charge in [0.2, 0.25) is 0 Å². The van der Waals surface area contributed by atoms with Crippen LogP contribution in [0.25, 0.3) is 0 Å². The van der Waals surface area contributed by atoms with Crippen molar-refractivity contribution >= 4 is 17.7 Å². The smallest absolute Gasteiger partial charge is 0.321 e. The number of hydrogen-bond acceptors (Lipinski definition) is 2. The van der Waals surface area contributed by atoms with E-state index in [9.17, 15) is 14.7 Å². The third kappa shape index (κ3) is 3.01. The fourth-order valence-electron chi connectivity index (χ4n) is 2.91. The lowest BCUT2D eigenvalue weighted by Crippen LogP contribution is -2.44. The first-order chi connectivity index (χ1) is 10.2. The van der Waals surface area contributed by atoms with Crippen molar-refractivity contribution in [2.45, 2.75) is 31.6 Å². The Morgan fingerprint density at radius 3 is 2.71 bits per heavy atom. The molecule has 2 aliphatic rings. The molecule has 1 unspecified atom stereocenters. The van der Waals surface area contributed by atoms with E-state index in [0.717, 1.165) is 23.6 Å². The average molecular weight is 288 g/mol. The zero-order valence-electron chi connectivity index (χ0n) is 11.9. The van der Waals surface area contributed by atoms with Crippen molar-refractivity contribution in [1.29, 1.82) is 0 Å². The first-order valence-corrected chi connectivity index (χ1v) is 7.54. The molecule has 0 saturated heterocycles. The normalized spacial score (nSPS) is 20.8. The van der Waals surface area contributed by atoms with E-state index in [4.69, 9.17) is 0 Å². The summed E-state index contributed by atoms with van der Waals surface area (Å²) in [5.41, 5.74) is 1.45. The molecule has 1 heterocycles. The molecule has 0 radical (unpaired) electrons. The molecule has 1 aliphatic carbocycles. The Kier molecular flexibility index (Phi) is 3.82. The quantitative estimate of drug-likeness (QED) is 0.894. The summed E-state index contributed by atoms with van der Waals surface area (Å²) in [4.78, 5) is 25.3. The maximum Gasteiger partial charge on any atom is 0.321 e. The van der Waals surface area contributed by atoms with Gasteiger partial charge in [-0.1, -0.05) is 31.0 Å². The maximum absolute atomic E-state index is 12.3. The molecule has 0 aromatic heterocycles. The molecule has 1 saturated carbocycles. The molecule has 1 fully saturated rings. The summed E-state index contributed by atoms with van der Waals surface area (Å²) in [5.74, 6) is -0.553. The number of nitrogens with zero attached hydrogens (tertiary/aromatic N) is 1. The number of urea groups is 1. The Morgan fingerprint density at radius 2 is 2.00 bits per heavy atom. The van der Waals surface area contributed by atoms with E-state index in [2.05, 4.69) is 5.32 Å². The van der Waals surface area contributed by atoms with Crippen LogP contribution in [0.2, 0.25) is 0 Å². The highest BCUT2D eigenvalue weighted by Gasteiger charge is 2.32. The number of benzene rings is 1. The number of nitrogens with one attached hydrogen (secondary N) is 1.